The predicted octanol–water partition coefficient (Wildman–Crippen LogP) is 5.41. The van der Waals surface area contributed by atoms with Crippen molar-refractivity contribution in [3.05, 3.63) is 29.8 Å². The van der Waals surface area contributed by atoms with E-state index in [9.17, 15) is 0 Å². The SMILES string of the molecule is CCCC(CBr)(CCC)CN(C)c1cccc(C)c1. The van der Waals surface area contributed by atoms with E-state index in [0.717, 1.165) is 11.9 Å². The Morgan fingerprint density at radius 1 is 1.16 bits per heavy atom. The Kier molecular flexibility index (Phi) is 6.92. The Morgan fingerprint density at radius 2 is 1.79 bits per heavy atom. The highest BCUT2D eigenvalue weighted by Crippen LogP contribution is 2.34. The number of hydrogen-bond acceptors (Lipinski definition) is 1. The molecule has 0 N–H and O–H groups in total. The lowest BCUT2D eigenvalue weighted by molar-refractivity contribution is 0.283. The van der Waals surface area contributed by atoms with Crippen molar-refractivity contribution in [3.8, 4) is 0 Å². The number of rotatable bonds is 8. The highest BCUT2D eigenvalue weighted by atomic mass is 79.9. The van der Waals surface area contributed by atoms with Gasteiger partial charge in [0.15, 0.2) is 0 Å². The highest BCUT2D eigenvalue weighted by molar-refractivity contribution is 9.09. The second-order valence-corrected chi connectivity index (χ2v) is 6.39. The first-order valence-electron chi connectivity index (χ1n) is 7.40. The Balaban J connectivity index is 2.83. The van der Waals surface area contributed by atoms with E-state index in [4.69, 9.17) is 0 Å². The van der Waals surface area contributed by atoms with Crippen LogP contribution in [0.3, 0.4) is 0 Å². The molecule has 0 aliphatic heterocycles. The van der Waals surface area contributed by atoms with E-state index in [2.05, 4.69) is 72.9 Å². The maximum atomic E-state index is 3.76. The first kappa shape index (κ1) is 16.6. The first-order valence-corrected chi connectivity index (χ1v) is 8.53. The van der Waals surface area contributed by atoms with Crippen LogP contribution in [-0.4, -0.2) is 18.9 Å². The third-order valence-electron chi connectivity index (χ3n) is 3.86. The summed E-state index contributed by atoms with van der Waals surface area (Å²) in [6.07, 6.45) is 5.10. The molecule has 0 bridgehead atoms. The van der Waals surface area contributed by atoms with Gasteiger partial charge in [-0.3, -0.25) is 0 Å². The minimum atomic E-state index is 0.405. The van der Waals surface area contributed by atoms with Crippen LogP contribution < -0.4 is 4.90 Å². The molecule has 0 aromatic heterocycles. The standard InChI is InChI=1S/C17H28BrN/c1-5-10-17(13-18,11-6-2)14-19(4)16-9-7-8-15(3)12-16/h7-9,12H,5-6,10-11,13-14H2,1-4H3. The van der Waals surface area contributed by atoms with Gasteiger partial charge in [-0.05, 0) is 42.9 Å². The van der Waals surface area contributed by atoms with Gasteiger partial charge in [-0.25, -0.2) is 0 Å². The van der Waals surface area contributed by atoms with E-state index < -0.39 is 0 Å². The Morgan fingerprint density at radius 3 is 2.26 bits per heavy atom. The zero-order valence-corrected chi connectivity index (χ0v) is 14.5. The summed E-state index contributed by atoms with van der Waals surface area (Å²) in [5.74, 6) is 0. The highest BCUT2D eigenvalue weighted by Gasteiger charge is 2.28. The fraction of sp³-hybridized carbons (Fsp3) is 0.647. The quantitative estimate of drug-likeness (QED) is 0.577. The van der Waals surface area contributed by atoms with Gasteiger partial charge in [0.1, 0.15) is 0 Å². The Bertz CT molecular complexity index is 369. The second-order valence-electron chi connectivity index (χ2n) is 5.83. The molecular formula is C17H28BrN. The number of nitrogens with zero attached hydrogens (tertiary/aromatic N) is 1. The van der Waals surface area contributed by atoms with Gasteiger partial charge in [0, 0.05) is 24.6 Å². The Labute approximate surface area is 127 Å². The smallest absolute Gasteiger partial charge is 0.0366 e. The average molecular weight is 326 g/mol. The fourth-order valence-electron chi connectivity index (χ4n) is 2.98. The van der Waals surface area contributed by atoms with Crippen molar-refractivity contribution in [2.45, 2.75) is 46.5 Å². The molecule has 108 valence electrons. The van der Waals surface area contributed by atoms with Crippen LogP contribution in [0.5, 0.6) is 0 Å². The number of benzene rings is 1. The third-order valence-corrected chi connectivity index (χ3v) is 5.05. The maximum absolute atomic E-state index is 3.76. The molecule has 0 atom stereocenters. The number of halogens is 1. The zero-order valence-electron chi connectivity index (χ0n) is 12.9. The molecule has 0 saturated carbocycles. The molecule has 1 rings (SSSR count). The van der Waals surface area contributed by atoms with Gasteiger partial charge in [-0.1, -0.05) is 54.8 Å². The molecule has 1 aromatic carbocycles. The molecule has 1 aromatic rings. The van der Waals surface area contributed by atoms with Gasteiger partial charge in [0.25, 0.3) is 0 Å². The normalized spacial score (nSPS) is 11.6. The van der Waals surface area contributed by atoms with Crippen LogP contribution in [0.15, 0.2) is 24.3 Å². The lowest BCUT2D eigenvalue weighted by Crippen LogP contribution is -2.37. The van der Waals surface area contributed by atoms with Gasteiger partial charge in [0.05, 0.1) is 0 Å². The molecule has 19 heavy (non-hydrogen) atoms. The third kappa shape index (κ3) is 4.83. The second kappa shape index (κ2) is 7.94. The van der Waals surface area contributed by atoms with Crippen molar-refractivity contribution in [1.29, 1.82) is 0 Å². The van der Waals surface area contributed by atoms with Crippen molar-refractivity contribution in [1.82, 2.24) is 0 Å². The van der Waals surface area contributed by atoms with E-state index >= 15 is 0 Å². The summed E-state index contributed by atoms with van der Waals surface area (Å²) in [7, 11) is 2.22. The number of aryl methyl sites for hydroxylation is 1. The topological polar surface area (TPSA) is 3.24 Å². The molecule has 2 heteroatoms. The van der Waals surface area contributed by atoms with Gasteiger partial charge in [-0.2, -0.15) is 0 Å². The lowest BCUT2D eigenvalue weighted by Gasteiger charge is -2.37. The molecule has 0 spiro atoms. The van der Waals surface area contributed by atoms with Gasteiger partial charge in [0.2, 0.25) is 0 Å². The van der Waals surface area contributed by atoms with Crippen molar-refractivity contribution in [3.63, 3.8) is 0 Å². The minimum Gasteiger partial charge on any atom is -0.374 e. The van der Waals surface area contributed by atoms with Crippen molar-refractivity contribution >= 4 is 21.6 Å². The summed E-state index contributed by atoms with van der Waals surface area (Å²) < 4.78 is 0. The van der Waals surface area contributed by atoms with Crippen molar-refractivity contribution in [2.24, 2.45) is 5.41 Å². The van der Waals surface area contributed by atoms with Crippen molar-refractivity contribution in [2.75, 3.05) is 23.8 Å². The van der Waals surface area contributed by atoms with Gasteiger partial charge in [-0.15, -0.1) is 0 Å². The molecule has 0 fully saturated rings. The van der Waals surface area contributed by atoms with Crippen LogP contribution in [0, 0.1) is 12.3 Å². The van der Waals surface area contributed by atoms with Crippen LogP contribution in [0.2, 0.25) is 0 Å². The number of hydrogen-bond donors (Lipinski definition) is 0. The molecule has 0 unspecified atom stereocenters. The predicted molar refractivity (Wildman–Crippen MR) is 90.5 cm³/mol. The van der Waals surface area contributed by atoms with E-state index in [1.165, 1.54) is 36.9 Å². The van der Waals surface area contributed by atoms with Crippen LogP contribution in [0.4, 0.5) is 5.69 Å². The fourth-order valence-corrected chi connectivity index (χ4v) is 3.72. The summed E-state index contributed by atoms with van der Waals surface area (Å²) in [5, 5.41) is 1.10. The minimum absolute atomic E-state index is 0.405. The summed E-state index contributed by atoms with van der Waals surface area (Å²) >= 11 is 3.76. The molecule has 1 nitrogen and oxygen atoms in total. The Hall–Kier alpha value is -0.500. The molecule has 0 radical (unpaired) electrons. The molecule has 0 saturated heterocycles. The monoisotopic (exact) mass is 325 g/mol. The summed E-state index contributed by atoms with van der Waals surface area (Å²) in [6, 6.07) is 8.80. The molecule has 0 heterocycles. The van der Waals surface area contributed by atoms with Crippen molar-refractivity contribution < 1.29 is 0 Å². The van der Waals surface area contributed by atoms with Crippen LogP contribution in [0.25, 0.3) is 0 Å². The largest absolute Gasteiger partial charge is 0.374 e. The van der Waals surface area contributed by atoms with Gasteiger partial charge >= 0.3 is 0 Å². The lowest BCUT2D eigenvalue weighted by atomic mass is 9.80. The number of alkyl halides is 1. The number of anilines is 1. The average Bonchev–Trinajstić information content (AvgIpc) is 2.39. The van der Waals surface area contributed by atoms with E-state index in [1.54, 1.807) is 0 Å². The first-order chi connectivity index (χ1) is 9.06. The summed E-state index contributed by atoms with van der Waals surface area (Å²) in [5.41, 5.74) is 3.07. The zero-order chi connectivity index (χ0) is 14.3. The molecule has 0 aliphatic carbocycles. The van der Waals surface area contributed by atoms with E-state index in [1.807, 2.05) is 0 Å². The molecule has 0 amide bonds. The van der Waals surface area contributed by atoms with E-state index in [-0.39, 0.29) is 0 Å². The van der Waals surface area contributed by atoms with Gasteiger partial charge < -0.3 is 4.90 Å². The maximum Gasteiger partial charge on any atom is 0.0366 e. The van der Waals surface area contributed by atoms with Crippen LogP contribution in [0.1, 0.15) is 45.1 Å². The van der Waals surface area contributed by atoms with Crippen LogP contribution >= 0.6 is 15.9 Å². The summed E-state index contributed by atoms with van der Waals surface area (Å²) in [6.45, 7) is 7.87. The molecule has 0 aliphatic rings. The molecular weight excluding hydrogens is 298 g/mol. The van der Waals surface area contributed by atoms with E-state index in [0.29, 0.717) is 5.41 Å². The van der Waals surface area contributed by atoms with Crippen LogP contribution in [-0.2, 0) is 0 Å². The summed E-state index contributed by atoms with van der Waals surface area (Å²) in [4.78, 5) is 2.42.